The molecular weight excluding hydrogens is 234 g/mol. The number of hydrogen-bond acceptors (Lipinski definition) is 2. The molecule has 0 amide bonds. The number of phenolic OH excluding ortho intramolecular Hbond substituents is 1. The van der Waals surface area contributed by atoms with E-state index in [9.17, 15) is 5.11 Å². The van der Waals surface area contributed by atoms with Crippen molar-refractivity contribution >= 4 is 11.6 Å². The molecule has 0 spiro atoms. The first-order valence-electron chi connectivity index (χ1n) is 6.08. The van der Waals surface area contributed by atoms with Crippen LogP contribution in [-0.4, -0.2) is 23.1 Å². The predicted octanol–water partition coefficient (Wildman–Crippen LogP) is 3.91. The minimum atomic E-state index is 0.279. The van der Waals surface area contributed by atoms with Gasteiger partial charge >= 0.3 is 0 Å². The SMILES string of the molecule is CC(C)CC(C)N(C)Cc1c(O)cccc1Cl. The highest BCUT2D eigenvalue weighted by Gasteiger charge is 2.14. The monoisotopic (exact) mass is 255 g/mol. The van der Waals surface area contributed by atoms with Crippen LogP contribution in [0, 0.1) is 5.92 Å². The van der Waals surface area contributed by atoms with Gasteiger partial charge in [-0.25, -0.2) is 0 Å². The van der Waals surface area contributed by atoms with E-state index in [0.717, 1.165) is 12.0 Å². The van der Waals surface area contributed by atoms with Crippen LogP contribution in [0.15, 0.2) is 18.2 Å². The Kier molecular flexibility index (Phi) is 5.29. The minimum Gasteiger partial charge on any atom is -0.508 e. The van der Waals surface area contributed by atoms with Gasteiger partial charge in [0.2, 0.25) is 0 Å². The first-order chi connectivity index (χ1) is 7.91. The van der Waals surface area contributed by atoms with Gasteiger partial charge in [0.05, 0.1) is 0 Å². The molecule has 0 bridgehead atoms. The Labute approximate surface area is 109 Å². The number of hydrogen-bond donors (Lipinski definition) is 1. The van der Waals surface area contributed by atoms with Crippen molar-refractivity contribution in [1.29, 1.82) is 0 Å². The lowest BCUT2D eigenvalue weighted by atomic mass is 10.0. The summed E-state index contributed by atoms with van der Waals surface area (Å²) >= 11 is 6.10. The molecule has 1 N–H and O–H groups in total. The first-order valence-corrected chi connectivity index (χ1v) is 6.46. The maximum Gasteiger partial charge on any atom is 0.121 e. The fourth-order valence-corrected chi connectivity index (χ4v) is 2.20. The van der Waals surface area contributed by atoms with Crippen LogP contribution in [0.2, 0.25) is 5.02 Å². The Morgan fingerprint density at radius 3 is 2.47 bits per heavy atom. The van der Waals surface area contributed by atoms with E-state index < -0.39 is 0 Å². The molecule has 3 heteroatoms. The molecule has 0 aromatic heterocycles. The molecule has 2 nitrogen and oxygen atoms in total. The summed E-state index contributed by atoms with van der Waals surface area (Å²) in [5.41, 5.74) is 0.812. The molecule has 1 aromatic rings. The topological polar surface area (TPSA) is 23.5 Å². The first kappa shape index (κ1) is 14.3. The van der Waals surface area contributed by atoms with Crippen LogP contribution in [0.5, 0.6) is 5.75 Å². The van der Waals surface area contributed by atoms with E-state index in [1.807, 2.05) is 6.07 Å². The third kappa shape index (κ3) is 4.21. The fraction of sp³-hybridized carbons (Fsp3) is 0.571. The highest BCUT2D eigenvalue weighted by molar-refractivity contribution is 6.31. The van der Waals surface area contributed by atoms with E-state index in [4.69, 9.17) is 11.6 Å². The molecule has 17 heavy (non-hydrogen) atoms. The summed E-state index contributed by atoms with van der Waals surface area (Å²) in [6.45, 7) is 7.32. The van der Waals surface area contributed by atoms with Crippen LogP contribution in [0.1, 0.15) is 32.8 Å². The zero-order valence-electron chi connectivity index (χ0n) is 11.1. The highest BCUT2D eigenvalue weighted by atomic mass is 35.5. The Morgan fingerprint density at radius 1 is 1.29 bits per heavy atom. The van der Waals surface area contributed by atoms with Gasteiger partial charge in [0.15, 0.2) is 0 Å². The second kappa shape index (κ2) is 6.27. The largest absolute Gasteiger partial charge is 0.508 e. The summed E-state index contributed by atoms with van der Waals surface area (Å²) < 4.78 is 0. The van der Waals surface area contributed by atoms with Gasteiger partial charge in [-0.2, -0.15) is 0 Å². The van der Waals surface area contributed by atoms with E-state index >= 15 is 0 Å². The Morgan fingerprint density at radius 2 is 1.94 bits per heavy atom. The molecule has 0 saturated carbocycles. The standard InChI is InChI=1S/C14H22ClNO/c1-10(2)8-11(3)16(4)9-12-13(15)6-5-7-14(12)17/h5-7,10-11,17H,8-9H2,1-4H3. The molecule has 0 aliphatic carbocycles. The molecule has 0 aliphatic rings. The summed E-state index contributed by atoms with van der Waals surface area (Å²) in [6.07, 6.45) is 1.14. The van der Waals surface area contributed by atoms with Gasteiger partial charge in [-0.05, 0) is 38.4 Å². The van der Waals surface area contributed by atoms with Crippen molar-refractivity contribution < 1.29 is 5.11 Å². The maximum absolute atomic E-state index is 9.79. The van der Waals surface area contributed by atoms with Crippen molar-refractivity contribution in [3.05, 3.63) is 28.8 Å². The van der Waals surface area contributed by atoms with Crippen molar-refractivity contribution in [3.8, 4) is 5.75 Å². The number of halogens is 1. The molecular formula is C14H22ClNO. The zero-order chi connectivity index (χ0) is 13.0. The van der Waals surface area contributed by atoms with Gasteiger partial charge in [-0.15, -0.1) is 0 Å². The third-order valence-electron chi connectivity index (χ3n) is 3.07. The van der Waals surface area contributed by atoms with Crippen LogP contribution in [0.25, 0.3) is 0 Å². The van der Waals surface area contributed by atoms with Crippen molar-refractivity contribution in [2.24, 2.45) is 5.92 Å². The fourth-order valence-electron chi connectivity index (χ4n) is 1.97. The van der Waals surface area contributed by atoms with Crippen molar-refractivity contribution in [3.63, 3.8) is 0 Å². The molecule has 0 heterocycles. The van der Waals surface area contributed by atoms with Crippen LogP contribution in [-0.2, 0) is 6.54 Å². The molecule has 1 unspecified atom stereocenters. The number of nitrogens with zero attached hydrogens (tertiary/aromatic N) is 1. The van der Waals surface area contributed by atoms with Gasteiger partial charge in [0.25, 0.3) is 0 Å². The summed E-state index contributed by atoms with van der Waals surface area (Å²) in [7, 11) is 2.07. The van der Waals surface area contributed by atoms with Gasteiger partial charge in [-0.3, -0.25) is 4.90 Å². The van der Waals surface area contributed by atoms with Crippen LogP contribution in [0.4, 0.5) is 0 Å². The van der Waals surface area contributed by atoms with Crippen LogP contribution >= 0.6 is 11.6 Å². The third-order valence-corrected chi connectivity index (χ3v) is 3.42. The summed E-state index contributed by atoms with van der Waals surface area (Å²) in [5, 5.41) is 10.4. The summed E-state index contributed by atoms with van der Waals surface area (Å²) in [6, 6.07) is 5.74. The molecule has 96 valence electrons. The van der Waals surface area contributed by atoms with Crippen LogP contribution < -0.4 is 0 Å². The lowest BCUT2D eigenvalue weighted by molar-refractivity contribution is 0.218. The average Bonchev–Trinajstić information content (AvgIpc) is 2.22. The zero-order valence-corrected chi connectivity index (χ0v) is 11.8. The molecule has 1 atom stereocenters. The average molecular weight is 256 g/mol. The molecule has 1 rings (SSSR count). The number of benzene rings is 1. The van der Waals surface area contributed by atoms with Gasteiger partial charge in [-0.1, -0.05) is 31.5 Å². The second-order valence-electron chi connectivity index (χ2n) is 5.13. The van der Waals surface area contributed by atoms with Crippen molar-refractivity contribution in [1.82, 2.24) is 4.90 Å². The van der Waals surface area contributed by atoms with E-state index in [1.165, 1.54) is 0 Å². The van der Waals surface area contributed by atoms with E-state index in [2.05, 4.69) is 32.7 Å². The van der Waals surface area contributed by atoms with E-state index in [1.54, 1.807) is 12.1 Å². The Bertz CT molecular complexity index is 345. The van der Waals surface area contributed by atoms with Crippen molar-refractivity contribution in [2.45, 2.75) is 39.8 Å². The van der Waals surface area contributed by atoms with Gasteiger partial charge in [0, 0.05) is 23.2 Å². The minimum absolute atomic E-state index is 0.279. The highest BCUT2D eigenvalue weighted by Crippen LogP contribution is 2.27. The molecule has 0 saturated heterocycles. The quantitative estimate of drug-likeness (QED) is 0.862. The van der Waals surface area contributed by atoms with Gasteiger partial charge < -0.3 is 5.11 Å². The number of rotatable bonds is 5. The Hall–Kier alpha value is -0.730. The van der Waals surface area contributed by atoms with Crippen molar-refractivity contribution in [2.75, 3.05) is 7.05 Å². The number of aromatic hydroxyl groups is 1. The normalized spacial score (nSPS) is 13.4. The van der Waals surface area contributed by atoms with E-state index in [-0.39, 0.29) is 5.75 Å². The molecule has 0 radical (unpaired) electrons. The van der Waals surface area contributed by atoms with Crippen LogP contribution in [0.3, 0.4) is 0 Å². The van der Waals surface area contributed by atoms with Gasteiger partial charge in [0.1, 0.15) is 5.75 Å². The lowest BCUT2D eigenvalue weighted by Gasteiger charge is -2.26. The molecule has 0 fully saturated rings. The maximum atomic E-state index is 9.79. The summed E-state index contributed by atoms with van der Waals surface area (Å²) in [4.78, 5) is 2.22. The molecule has 1 aromatic carbocycles. The molecule has 0 aliphatic heterocycles. The lowest BCUT2D eigenvalue weighted by Crippen LogP contribution is -2.29. The van der Waals surface area contributed by atoms with E-state index in [0.29, 0.717) is 23.5 Å². The predicted molar refractivity (Wildman–Crippen MR) is 73.5 cm³/mol. The summed E-state index contributed by atoms with van der Waals surface area (Å²) in [5.74, 6) is 0.952. The smallest absolute Gasteiger partial charge is 0.121 e. The second-order valence-corrected chi connectivity index (χ2v) is 5.54. The number of phenols is 1. The Balaban J connectivity index is 2.70.